The molecule has 1 N–H and O–H groups in total. The van der Waals surface area contributed by atoms with Gasteiger partial charge >= 0.3 is 0 Å². The summed E-state index contributed by atoms with van der Waals surface area (Å²) < 4.78 is 58.7. The largest absolute Gasteiger partial charge is 0.307 e. The molecule has 0 aliphatic rings. The number of hydrogen-bond donors (Lipinski definition) is 1. The van der Waals surface area contributed by atoms with Crippen LogP contribution in [0.1, 0.15) is 22.5 Å². The van der Waals surface area contributed by atoms with Crippen molar-refractivity contribution in [2.24, 2.45) is 7.05 Å². The Kier molecular flexibility index (Phi) is 6.85. The van der Waals surface area contributed by atoms with Gasteiger partial charge in [-0.05, 0) is 43.3 Å². The molecule has 2 aromatic heterocycles. The van der Waals surface area contributed by atoms with E-state index in [2.05, 4.69) is 15.4 Å². The monoisotopic (exact) mass is 475 g/mol. The van der Waals surface area contributed by atoms with Crippen molar-refractivity contribution in [2.75, 3.05) is 0 Å². The Labute approximate surface area is 192 Å². The molecule has 2 aromatic carbocycles. The molecule has 4 rings (SSSR count). The van der Waals surface area contributed by atoms with Gasteiger partial charge in [0.15, 0.2) is 16.8 Å². The topological polar surface area (TPSA) is 47.7 Å². The lowest BCUT2D eigenvalue weighted by atomic mass is 10.2. The van der Waals surface area contributed by atoms with Gasteiger partial charge in [-0.2, -0.15) is 5.10 Å². The summed E-state index contributed by atoms with van der Waals surface area (Å²) in [7, 11) is 1.86. The molecule has 0 spiro atoms. The van der Waals surface area contributed by atoms with Crippen LogP contribution in [-0.4, -0.2) is 19.3 Å². The molecule has 0 saturated heterocycles. The molecule has 0 aliphatic heterocycles. The quantitative estimate of drug-likeness (QED) is 0.220. The summed E-state index contributed by atoms with van der Waals surface area (Å²) in [6, 6.07) is 7.50. The fourth-order valence-electron chi connectivity index (χ4n) is 3.45. The van der Waals surface area contributed by atoms with Crippen LogP contribution in [0.2, 0.25) is 0 Å². The zero-order chi connectivity index (χ0) is 23.5. The van der Waals surface area contributed by atoms with Crippen LogP contribution in [0.25, 0.3) is 5.69 Å². The lowest BCUT2D eigenvalue weighted by molar-refractivity contribution is 0.485. The van der Waals surface area contributed by atoms with Crippen LogP contribution in [0, 0.1) is 30.2 Å². The van der Waals surface area contributed by atoms with Crippen LogP contribution in [0.4, 0.5) is 17.6 Å². The molecule has 0 amide bonds. The van der Waals surface area contributed by atoms with E-state index in [0.717, 1.165) is 40.8 Å². The van der Waals surface area contributed by atoms with E-state index in [9.17, 15) is 17.6 Å². The Morgan fingerprint density at radius 2 is 1.70 bits per heavy atom. The average Bonchev–Trinajstić information content (AvgIpc) is 3.33. The van der Waals surface area contributed by atoms with Crippen molar-refractivity contribution < 1.29 is 17.6 Å². The second-order valence-corrected chi connectivity index (χ2v) is 8.41. The molecule has 0 saturated carbocycles. The normalized spacial score (nSPS) is 11.3. The number of hydrogen-bond acceptors (Lipinski definition) is 4. The summed E-state index contributed by atoms with van der Waals surface area (Å²) in [5, 5.41) is 8.10. The van der Waals surface area contributed by atoms with Crippen LogP contribution in [0.15, 0.2) is 53.9 Å². The third kappa shape index (κ3) is 5.12. The number of rotatable bonds is 8. The molecule has 33 heavy (non-hydrogen) atoms. The van der Waals surface area contributed by atoms with E-state index in [1.165, 1.54) is 12.1 Å². The fourth-order valence-corrected chi connectivity index (χ4v) is 4.46. The minimum Gasteiger partial charge on any atom is -0.307 e. The smallest absolute Gasteiger partial charge is 0.173 e. The lowest BCUT2D eigenvalue weighted by Gasteiger charge is -2.13. The van der Waals surface area contributed by atoms with Crippen molar-refractivity contribution in [2.45, 2.75) is 30.9 Å². The molecule has 5 nitrogen and oxygen atoms in total. The average molecular weight is 476 g/mol. The molecule has 4 aromatic rings. The highest BCUT2D eigenvalue weighted by Gasteiger charge is 2.18. The molecule has 10 heteroatoms. The zero-order valence-corrected chi connectivity index (χ0v) is 18.8. The number of nitrogens with zero attached hydrogens (tertiary/aromatic N) is 4. The van der Waals surface area contributed by atoms with Gasteiger partial charge in [-0.3, -0.25) is 9.25 Å². The van der Waals surface area contributed by atoms with Gasteiger partial charge in [0.2, 0.25) is 0 Å². The maximum Gasteiger partial charge on any atom is 0.173 e. The first-order valence-corrected chi connectivity index (χ1v) is 11.1. The van der Waals surface area contributed by atoms with Crippen LogP contribution in [0.5, 0.6) is 0 Å². The van der Waals surface area contributed by atoms with Crippen molar-refractivity contribution in [3.05, 3.63) is 94.6 Å². The third-order valence-corrected chi connectivity index (χ3v) is 6.09. The van der Waals surface area contributed by atoms with E-state index in [1.807, 2.05) is 20.2 Å². The molecule has 0 aliphatic carbocycles. The van der Waals surface area contributed by atoms with E-state index >= 15 is 0 Å². The van der Waals surface area contributed by atoms with Crippen molar-refractivity contribution in [3.8, 4) is 5.69 Å². The van der Waals surface area contributed by atoms with Crippen LogP contribution >= 0.6 is 11.8 Å². The van der Waals surface area contributed by atoms with Gasteiger partial charge < -0.3 is 5.32 Å². The minimum atomic E-state index is -1.21. The second kappa shape index (κ2) is 9.80. The second-order valence-electron chi connectivity index (χ2n) is 7.47. The Hall–Kier alpha value is -3.11. The Balaban J connectivity index is 1.58. The van der Waals surface area contributed by atoms with Crippen molar-refractivity contribution in [1.29, 1.82) is 0 Å². The number of imidazole rings is 1. The van der Waals surface area contributed by atoms with E-state index < -0.39 is 17.5 Å². The number of halogens is 4. The summed E-state index contributed by atoms with van der Waals surface area (Å²) in [5.74, 6) is -3.69. The number of nitrogens with one attached hydrogen (secondary N) is 1. The highest BCUT2D eigenvalue weighted by molar-refractivity contribution is 7.98. The van der Waals surface area contributed by atoms with Gasteiger partial charge in [0.05, 0.1) is 17.6 Å². The number of aromatic nitrogens is 4. The number of aryl methyl sites for hydroxylation is 2. The Morgan fingerprint density at radius 1 is 0.970 bits per heavy atom. The van der Waals surface area contributed by atoms with Crippen molar-refractivity contribution in [1.82, 2.24) is 24.6 Å². The highest BCUT2D eigenvalue weighted by atomic mass is 32.2. The van der Waals surface area contributed by atoms with E-state index in [4.69, 9.17) is 0 Å². The predicted molar refractivity (Wildman–Crippen MR) is 118 cm³/mol. The van der Waals surface area contributed by atoms with Crippen molar-refractivity contribution in [3.63, 3.8) is 0 Å². The van der Waals surface area contributed by atoms with Crippen molar-refractivity contribution >= 4 is 11.8 Å². The molecule has 2 heterocycles. The summed E-state index contributed by atoms with van der Waals surface area (Å²) in [5.41, 5.74) is 3.03. The van der Waals surface area contributed by atoms with Gasteiger partial charge in [0.25, 0.3) is 0 Å². The van der Waals surface area contributed by atoms with Gasteiger partial charge in [0.1, 0.15) is 11.6 Å². The van der Waals surface area contributed by atoms with E-state index in [1.54, 1.807) is 27.6 Å². The van der Waals surface area contributed by atoms with Crippen LogP contribution < -0.4 is 5.32 Å². The van der Waals surface area contributed by atoms with E-state index in [-0.39, 0.29) is 17.1 Å². The van der Waals surface area contributed by atoms with Gasteiger partial charge in [0, 0.05) is 48.9 Å². The molecule has 0 unspecified atom stereocenters. The molecular weight excluding hydrogens is 454 g/mol. The highest BCUT2D eigenvalue weighted by Crippen LogP contribution is 2.29. The molecule has 0 atom stereocenters. The molecule has 172 valence electrons. The number of thioether (sulfide) groups is 1. The molecule has 0 fully saturated rings. The summed E-state index contributed by atoms with van der Waals surface area (Å²) in [4.78, 5) is 4.40. The summed E-state index contributed by atoms with van der Waals surface area (Å²) in [6.45, 7) is 2.94. The first-order chi connectivity index (χ1) is 15.8. The third-order valence-electron chi connectivity index (χ3n) is 5.11. The molecule has 0 radical (unpaired) electrons. The van der Waals surface area contributed by atoms with E-state index in [0.29, 0.717) is 23.9 Å². The first-order valence-electron chi connectivity index (χ1n) is 10.1. The summed E-state index contributed by atoms with van der Waals surface area (Å²) in [6.07, 6.45) is 3.58. The van der Waals surface area contributed by atoms with Crippen LogP contribution in [0.3, 0.4) is 0 Å². The maximum atomic E-state index is 14.1. The van der Waals surface area contributed by atoms with Crippen LogP contribution in [-0.2, 0) is 25.9 Å². The molecule has 0 bridgehead atoms. The SMILES string of the molecule is Cc1nn(C)cc1CNCc1cnc(SCc2c(F)ccc(F)c2F)n1-c1ccc(F)cc1. The Morgan fingerprint density at radius 3 is 2.39 bits per heavy atom. The minimum absolute atomic E-state index is 0.157. The first kappa shape index (κ1) is 23.1. The Bertz CT molecular complexity index is 1270. The predicted octanol–water partition coefficient (Wildman–Crippen LogP) is 5.05. The standard InChI is InChI=1S/C23H21F4N5S/c1-14-15(12-31(2)30-14)9-28-10-18-11-29-23(32(18)17-5-3-16(24)4-6-17)33-13-19-20(25)7-8-21(26)22(19)27/h3-8,11-12,28H,9-10,13H2,1-2H3. The fraction of sp³-hybridized carbons (Fsp3) is 0.217. The van der Waals surface area contributed by atoms with Gasteiger partial charge in [-0.25, -0.2) is 22.5 Å². The maximum absolute atomic E-state index is 14.1. The zero-order valence-electron chi connectivity index (χ0n) is 17.9. The van der Waals surface area contributed by atoms with Gasteiger partial charge in [-0.15, -0.1) is 0 Å². The summed E-state index contributed by atoms with van der Waals surface area (Å²) >= 11 is 1.06. The number of benzene rings is 2. The van der Waals surface area contributed by atoms with Gasteiger partial charge in [-0.1, -0.05) is 11.8 Å². The molecular formula is C23H21F4N5S. The lowest BCUT2D eigenvalue weighted by Crippen LogP contribution is -2.16.